The van der Waals surface area contributed by atoms with Crippen molar-refractivity contribution in [3.63, 3.8) is 0 Å². The number of benzene rings is 1. The largest absolute Gasteiger partial charge is 0.383 e. The molecular formula is C12H9Cl2N5. The SMILES string of the molecule is Cc1nc2ncnn2c(N)c1-c1c(Cl)cccc1Cl. The van der Waals surface area contributed by atoms with Gasteiger partial charge in [-0.3, -0.25) is 0 Å². The fourth-order valence-corrected chi connectivity index (χ4v) is 2.61. The predicted octanol–water partition coefficient (Wildman–Crippen LogP) is 2.99. The molecule has 19 heavy (non-hydrogen) atoms. The minimum absolute atomic E-state index is 0.412. The Bertz CT molecular complexity index is 761. The van der Waals surface area contributed by atoms with Gasteiger partial charge in [0.05, 0.1) is 15.7 Å². The molecule has 0 bridgehead atoms. The maximum absolute atomic E-state index is 6.22. The Labute approximate surface area is 119 Å². The standard InChI is InChI=1S/C12H9Cl2N5/c1-6-9(10-7(13)3-2-4-8(10)14)11(15)19-12(18-6)16-5-17-19/h2-5H,15H2,1H3. The summed E-state index contributed by atoms with van der Waals surface area (Å²) in [6.45, 7) is 1.83. The minimum Gasteiger partial charge on any atom is -0.383 e. The summed E-state index contributed by atoms with van der Waals surface area (Å²) in [6, 6.07) is 5.29. The van der Waals surface area contributed by atoms with Crippen molar-refractivity contribution in [1.29, 1.82) is 0 Å². The Kier molecular flexibility index (Phi) is 2.80. The molecule has 2 aromatic heterocycles. The zero-order valence-electron chi connectivity index (χ0n) is 9.93. The zero-order chi connectivity index (χ0) is 13.6. The van der Waals surface area contributed by atoms with Crippen molar-refractivity contribution in [1.82, 2.24) is 19.6 Å². The van der Waals surface area contributed by atoms with Gasteiger partial charge in [0.1, 0.15) is 12.1 Å². The molecule has 96 valence electrons. The molecule has 1 aromatic carbocycles. The number of nitrogens with two attached hydrogens (primary N) is 1. The number of fused-ring (bicyclic) bond motifs is 1. The van der Waals surface area contributed by atoms with Crippen LogP contribution in [0.25, 0.3) is 16.9 Å². The van der Waals surface area contributed by atoms with E-state index in [1.54, 1.807) is 18.2 Å². The molecule has 2 N–H and O–H groups in total. The van der Waals surface area contributed by atoms with E-state index in [2.05, 4.69) is 15.1 Å². The lowest BCUT2D eigenvalue weighted by Gasteiger charge is -2.12. The van der Waals surface area contributed by atoms with Crippen LogP contribution in [-0.2, 0) is 0 Å². The highest BCUT2D eigenvalue weighted by Gasteiger charge is 2.18. The smallest absolute Gasteiger partial charge is 0.254 e. The average molecular weight is 294 g/mol. The molecule has 3 aromatic rings. The van der Waals surface area contributed by atoms with Gasteiger partial charge in [0.2, 0.25) is 0 Å². The number of halogens is 2. The zero-order valence-corrected chi connectivity index (χ0v) is 11.4. The second-order valence-electron chi connectivity index (χ2n) is 4.03. The summed E-state index contributed by atoms with van der Waals surface area (Å²) in [4.78, 5) is 8.36. The molecule has 0 amide bonds. The molecule has 0 saturated carbocycles. The Balaban J connectivity index is 2.42. The van der Waals surface area contributed by atoms with Gasteiger partial charge in [-0.2, -0.15) is 14.6 Å². The van der Waals surface area contributed by atoms with Gasteiger partial charge in [0.15, 0.2) is 0 Å². The second kappa shape index (κ2) is 4.36. The summed E-state index contributed by atoms with van der Waals surface area (Å²) in [5.74, 6) is 0.858. The number of nitrogens with zero attached hydrogens (tertiary/aromatic N) is 4. The molecule has 7 heteroatoms. The molecule has 3 rings (SSSR count). The lowest BCUT2D eigenvalue weighted by Crippen LogP contribution is -2.06. The third-order valence-corrected chi connectivity index (χ3v) is 3.49. The Morgan fingerprint density at radius 2 is 1.84 bits per heavy atom. The van der Waals surface area contributed by atoms with E-state index >= 15 is 0 Å². The van der Waals surface area contributed by atoms with Crippen molar-refractivity contribution >= 4 is 34.8 Å². The monoisotopic (exact) mass is 293 g/mol. The maximum Gasteiger partial charge on any atom is 0.254 e. The van der Waals surface area contributed by atoms with E-state index in [0.29, 0.717) is 38.5 Å². The van der Waals surface area contributed by atoms with Gasteiger partial charge < -0.3 is 5.73 Å². The van der Waals surface area contributed by atoms with Crippen LogP contribution in [0.4, 0.5) is 5.82 Å². The summed E-state index contributed by atoms with van der Waals surface area (Å²) in [6.07, 6.45) is 1.40. The van der Waals surface area contributed by atoms with Crippen LogP contribution in [-0.4, -0.2) is 19.6 Å². The molecule has 0 aliphatic heterocycles. The first kappa shape index (κ1) is 12.2. The van der Waals surface area contributed by atoms with Crippen molar-refractivity contribution in [3.05, 3.63) is 40.3 Å². The van der Waals surface area contributed by atoms with E-state index in [0.717, 1.165) is 0 Å². The van der Waals surface area contributed by atoms with Crippen molar-refractivity contribution in [2.45, 2.75) is 6.92 Å². The number of rotatable bonds is 1. The number of hydrogen-bond donors (Lipinski definition) is 1. The normalized spacial score (nSPS) is 11.1. The predicted molar refractivity (Wildman–Crippen MR) is 75.4 cm³/mol. The number of aromatic nitrogens is 4. The molecule has 0 unspecified atom stereocenters. The van der Waals surface area contributed by atoms with Crippen molar-refractivity contribution in [3.8, 4) is 11.1 Å². The summed E-state index contributed by atoms with van der Waals surface area (Å²) in [5, 5.41) is 5.07. The van der Waals surface area contributed by atoms with E-state index < -0.39 is 0 Å². The van der Waals surface area contributed by atoms with Crippen LogP contribution in [0, 0.1) is 6.92 Å². The first-order chi connectivity index (χ1) is 9.09. The number of anilines is 1. The molecular weight excluding hydrogens is 285 g/mol. The van der Waals surface area contributed by atoms with Gasteiger partial charge >= 0.3 is 0 Å². The molecule has 2 heterocycles. The second-order valence-corrected chi connectivity index (χ2v) is 4.84. The quantitative estimate of drug-likeness (QED) is 0.749. The van der Waals surface area contributed by atoms with Gasteiger partial charge in [-0.15, -0.1) is 0 Å². The first-order valence-electron chi connectivity index (χ1n) is 5.50. The van der Waals surface area contributed by atoms with Crippen molar-refractivity contribution < 1.29 is 0 Å². The average Bonchev–Trinajstić information content (AvgIpc) is 2.81. The molecule has 0 fully saturated rings. The van der Waals surface area contributed by atoms with Crippen LogP contribution in [0.5, 0.6) is 0 Å². The highest BCUT2D eigenvalue weighted by Crippen LogP contribution is 2.38. The number of nitrogen functional groups attached to an aromatic ring is 1. The molecule has 0 aliphatic carbocycles. The van der Waals surface area contributed by atoms with Crippen LogP contribution in [0.2, 0.25) is 10.0 Å². The Morgan fingerprint density at radius 1 is 1.16 bits per heavy atom. The molecule has 0 saturated heterocycles. The summed E-state index contributed by atoms with van der Waals surface area (Å²) < 4.78 is 1.46. The van der Waals surface area contributed by atoms with E-state index in [4.69, 9.17) is 28.9 Å². The molecule has 0 aliphatic rings. The Hall–Kier alpha value is -1.85. The van der Waals surface area contributed by atoms with Crippen LogP contribution >= 0.6 is 23.2 Å². The third kappa shape index (κ3) is 1.82. The molecule has 0 spiro atoms. The van der Waals surface area contributed by atoms with Crippen molar-refractivity contribution in [2.24, 2.45) is 0 Å². The third-order valence-electron chi connectivity index (χ3n) is 2.86. The van der Waals surface area contributed by atoms with E-state index in [-0.39, 0.29) is 0 Å². The fourth-order valence-electron chi connectivity index (χ4n) is 2.02. The van der Waals surface area contributed by atoms with Gasteiger partial charge in [-0.05, 0) is 19.1 Å². The highest BCUT2D eigenvalue weighted by molar-refractivity contribution is 6.39. The molecule has 5 nitrogen and oxygen atoms in total. The number of aryl methyl sites for hydroxylation is 1. The lowest BCUT2D eigenvalue weighted by molar-refractivity contribution is 0.944. The van der Waals surface area contributed by atoms with Crippen LogP contribution < -0.4 is 5.73 Å². The highest BCUT2D eigenvalue weighted by atomic mass is 35.5. The van der Waals surface area contributed by atoms with Gasteiger partial charge in [0, 0.05) is 11.1 Å². The first-order valence-corrected chi connectivity index (χ1v) is 6.25. The van der Waals surface area contributed by atoms with E-state index in [1.165, 1.54) is 10.8 Å². The van der Waals surface area contributed by atoms with Crippen molar-refractivity contribution in [2.75, 3.05) is 5.73 Å². The fraction of sp³-hybridized carbons (Fsp3) is 0.0833. The molecule has 0 radical (unpaired) electrons. The van der Waals surface area contributed by atoms with E-state index in [1.807, 2.05) is 6.92 Å². The molecule has 0 atom stereocenters. The summed E-state index contributed by atoms with van der Waals surface area (Å²) in [5.41, 5.74) is 8.17. The summed E-state index contributed by atoms with van der Waals surface area (Å²) in [7, 11) is 0. The van der Waals surface area contributed by atoms with Gasteiger partial charge in [-0.25, -0.2) is 4.98 Å². The minimum atomic E-state index is 0.412. The van der Waals surface area contributed by atoms with Crippen LogP contribution in [0.1, 0.15) is 5.69 Å². The lowest BCUT2D eigenvalue weighted by atomic mass is 10.0. The maximum atomic E-state index is 6.22. The van der Waals surface area contributed by atoms with Crippen LogP contribution in [0.3, 0.4) is 0 Å². The Morgan fingerprint density at radius 3 is 2.53 bits per heavy atom. The topological polar surface area (TPSA) is 69.1 Å². The summed E-state index contributed by atoms with van der Waals surface area (Å²) >= 11 is 12.4. The van der Waals surface area contributed by atoms with Crippen LogP contribution in [0.15, 0.2) is 24.5 Å². The van der Waals surface area contributed by atoms with Gasteiger partial charge in [0.25, 0.3) is 5.78 Å². The van der Waals surface area contributed by atoms with Gasteiger partial charge in [-0.1, -0.05) is 29.3 Å². The number of hydrogen-bond acceptors (Lipinski definition) is 4. The van der Waals surface area contributed by atoms with E-state index in [9.17, 15) is 0 Å².